The Labute approximate surface area is 85.5 Å². The molecule has 0 saturated heterocycles. The fourth-order valence-electron chi connectivity index (χ4n) is 1.53. The predicted octanol–water partition coefficient (Wildman–Crippen LogP) is 2.88. The lowest BCUT2D eigenvalue weighted by Crippen LogP contribution is -1.96. The normalized spacial score (nSPS) is 10.4. The van der Waals surface area contributed by atoms with E-state index in [4.69, 9.17) is 4.74 Å². The number of unbranched alkanes of at least 4 members (excludes halogenated alkanes) is 1. The highest BCUT2D eigenvalue weighted by atomic mass is 16.5. The van der Waals surface area contributed by atoms with Crippen LogP contribution in [0.2, 0.25) is 0 Å². The average Bonchev–Trinajstić information content (AvgIpc) is 2.19. The van der Waals surface area contributed by atoms with Crippen molar-refractivity contribution < 1.29 is 9.84 Å². The summed E-state index contributed by atoms with van der Waals surface area (Å²) >= 11 is 0. The molecular formula is C12H18O2. The first-order valence-electron chi connectivity index (χ1n) is 5.08. The number of methoxy groups -OCH3 is 1. The molecule has 0 amide bonds. The van der Waals surface area contributed by atoms with E-state index in [1.54, 1.807) is 13.2 Å². The Bertz CT molecular complexity index is 282. The van der Waals surface area contributed by atoms with Crippen molar-refractivity contribution in [3.63, 3.8) is 0 Å². The van der Waals surface area contributed by atoms with Crippen LogP contribution in [0.1, 0.15) is 30.9 Å². The largest absolute Gasteiger partial charge is 0.508 e. The van der Waals surface area contributed by atoms with Gasteiger partial charge >= 0.3 is 0 Å². The third kappa shape index (κ3) is 2.74. The Balaban J connectivity index is 2.83. The van der Waals surface area contributed by atoms with Crippen molar-refractivity contribution in [3.8, 4) is 5.75 Å². The Morgan fingerprint density at radius 2 is 2.14 bits per heavy atom. The Morgan fingerprint density at radius 3 is 2.79 bits per heavy atom. The van der Waals surface area contributed by atoms with Crippen molar-refractivity contribution in [1.29, 1.82) is 0 Å². The minimum Gasteiger partial charge on any atom is -0.508 e. The van der Waals surface area contributed by atoms with E-state index >= 15 is 0 Å². The van der Waals surface area contributed by atoms with Gasteiger partial charge in [0.25, 0.3) is 0 Å². The highest BCUT2D eigenvalue weighted by molar-refractivity contribution is 5.38. The van der Waals surface area contributed by atoms with Crippen LogP contribution in [-0.4, -0.2) is 12.2 Å². The number of phenolic OH excluding ortho intramolecular Hbond substituents is 1. The first-order valence-corrected chi connectivity index (χ1v) is 5.08. The van der Waals surface area contributed by atoms with Crippen LogP contribution < -0.4 is 0 Å². The molecule has 0 heterocycles. The molecule has 0 radical (unpaired) electrons. The molecule has 1 N–H and O–H groups in total. The monoisotopic (exact) mass is 194 g/mol. The first kappa shape index (κ1) is 11.1. The molecule has 2 nitrogen and oxygen atoms in total. The zero-order valence-corrected chi connectivity index (χ0v) is 8.92. The van der Waals surface area contributed by atoms with E-state index in [1.807, 2.05) is 6.07 Å². The molecule has 0 bridgehead atoms. The summed E-state index contributed by atoms with van der Waals surface area (Å²) in [6.07, 6.45) is 3.34. The second-order valence-corrected chi connectivity index (χ2v) is 3.45. The van der Waals surface area contributed by atoms with Gasteiger partial charge in [-0.25, -0.2) is 0 Å². The van der Waals surface area contributed by atoms with Crippen molar-refractivity contribution in [2.75, 3.05) is 7.11 Å². The minimum absolute atomic E-state index is 0.348. The molecule has 2 heteroatoms. The van der Waals surface area contributed by atoms with E-state index in [-0.39, 0.29) is 0 Å². The summed E-state index contributed by atoms with van der Waals surface area (Å²) in [5.74, 6) is 0.348. The third-order valence-corrected chi connectivity index (χ3v) is 2.34. The lowest BCUT2D eigenvalue weighted by Gasteiger charge is -2.09. The maximum absolute atomic E-state index is 9.64. The Hall–Kier alpha value is -1.02. The van der Waals surface area contributed by atoms with Gasteiger partial charge < -0.3 is 9.84 Å². The van der Waals surface area contributed by atoms with E-state index < -0.39 is 0 Å². The second kappa shape index (κ2) is 5.66. The zero-order chi connectivity index (χ0) is 10.4. The van der Waals surface area contributed by atoms with Gasteiger partial charge in [-0.15, -0.1) is 0 Å². The van der Waals surface area contributed by atoms with Crippen molar-refractivity contribution in [1.82, 2.24) is 0 Å². The van der Waals surface area contributed by atoms with Gasteiger partial charge in [-0.1, -0.05) is 25.5 Å². The molecule has 1 aromatic carbocycles. The van der Waals surface area contributed by atoms with Crippen molar-refractivity contribution in [2.24, 2.45) is 0 Å². The summed E-state index contributed by atoms with van der Waals surface area (Å²) in [5.41, 5.74) is 2.14. The highest BCUT2D eigenvalue weighted by Crippen LogP contribution is 2.23. The second-order valence-electron chi connectivity index (χ2n) is 3.45. The number of hydrogen-bond acceptors (Lipinski definition) is 2. The van der Waals surface area contributed by atoms with Crippen LogP contribution in [0.4, 0.5) is 0 Å². The van der Waals surface area contributed by atoms with Crippen molar-refractivity contribution in [2.45, 2.75) is 32.8 Å². The number of aromatic hydroxyl groups is 1. The fourth-order valence-corrected chi connectivity index (χ4v) is 1.53. The zero-order valence-electron chi connectivity index (χ0n) is 8.92. The smallest absolute Gasteiger partial charge is 0.121 e. The van der Waals surface area contributed by atoms with Gasteiger partial charge in [0.1, 0.15) is 5.75 Å². The van der Waals surface area contributed by atoms with Gasteiger partial charge in [-0.05, 0) is 24.5 Å². The standard InChI is InChI=1S/C12H18O2/c1-3-4-6-10-7-5-8-12(13)11(10)9-14-2/h5,7-8,13H,3-4,6,9H2,1-2H3. The number of phenols is 1. The summed E-state index contributed by atoms with van der Waals surface area (Å²) in [7, 11) is 1.65. The summed E-state index contributed by atoms with van der Waals surface area (Å²) in [5, 5.41) is 9.64. The van der Waals surface area contributed by atoms with E-state index in [2.05, 4.69) is 13.0 Å². The average molecular weight is 194 g/mol. The molecule has 0 aliphatic heterocycles. The van der Waals surface area contributed by atoms with Crippen molar-refractivity contribution in [3.05, 3.63) is 29.3 Å². The number of rotatable bonds is 5. The number of ether oxygens (including phenoxy) is 1. The summed E-state index contributed by atoms with van der Waals surface area (Å²) in [4.78, 5) is 0. The quantitative estimate of drug-likeness (QED) is 0.781. The van der Waals surface area contributed by atoms with Crippen LogP contribution in [0.25, 0.3) is 0 Å². The van der Waals surface area contributed by atoms with Gasteiger partial charge in [0.15, 0.2) is 0 Å². The SMILES string of the molecule is CCCCc1cccc(O)c1COC. The molecule has 1 aromatic rings. The molecule has 78 valence electrons. The van der Waals surface area contributed by atoms with Crippen LogP contribution in [0.15, 0.2) is 18.2 Å². The molecule has 1 rings (SSSR count). The summed E-state index contributed by atoms with van der Waals surface area (Å²) in [6.45, 7) is 2.66. The predicted molar refractivity (Wildman–Crippen MR) is 57.4 cm³/mol. The van der Waals surface area contributed by atoms with Gasteiger partial charge in [0.2, 0.25) is 0 Å². The van der Waals surface area contributed by atoms with Crippen LogP contribution in [-0.2, 0) is 17.8 Å². The molecule has 0 unspecified atom stereocenters. The summed E-state index contributed by atoms with van der Waals surface area (Å²) < 4.78 is 5.07. The van der Waals surface area contributed by atoms with E-state index in [1.165, 1.54) is 12.0 Å². The fraction of sp³-hybridized carbons (Fsp3) is 0.500. The van der Waals surface area contributed by atoms with Gasteiger partial charge in [-0.3, -0.25) is 0 Å². The highest BCUT2D eigenvalue weighted by Gasteiger charge is 2.06. The molecule has 0 spiro atoms. The van der Waals surface area contributed by atoms with Crippen LogP contribution in [0.3, 0.4) is 0 Å². The lowest BCUT2D eigenvalue weighted by molar-refractivity contribution is 0.181. The van der Waals surface area contributed by atoms with Crippen LogP contribution in [0.5, 0.6) is 5.75 Å². The molecule has 0 aliphatic carbocycles. The van der Waals surface area contributed by atoms with Gasteiger partial charge in [0, 0.05) is 12.7 Å². The van der Waals surface area contributed by atoms with E-state index in [0.29, 0.717) is 12.4 Å². The van der Waals surface area contributed by atoms with Crippen LogP contribution >= 0.6 is 0 Å². The third-order valence-electron chi connectivity index (χ3n) is 2.34. The molecule has 0 fully saturated rings. The summed E-state index contributed by atoms with van der Waals surface area (Å²) in [6, 6.07) is 5.66. The maximum Gasteiger partial charge on any atom is 0.121 e. The topological polar surface area (TPSA) is 29.5 Å². The molecule has 14 heavy (non-hydrogen) atoms. The van der Waals surface area contributed by atoms with Crippen LogP contribution in [0, 0.1) is 0 Å². The number of benzene rings is 1. The minimum atomic E-state index is 0.348. The molecule has 0 aliphatic rings. The van der Waals surface area contributed by atoms with E-state index in [0.717, 1.165) is 18.4 Å². The van der Waals surface area contributed by atoms with Crippen molar-refractivity contribution >= 4 is 0 Å². The lowest BCUT2D eigenvalue weighted by atomic mass is 10.0. The van der Waals surface area contributed by atoms with E-state index in [9.17, 15) is 5.11 Å². The number of aryl methyl sites for hydroxylation is 1. The van der Waals surface area contributed by atoms with Gasteiger partial charge in [-0.2, -0.15) is 0 Å². The number of hydrogen-bond donors (Lipinski definition) is 1. The molecular weight excluding hydrogens is 176 g/mol. The Kier molecular flexibility index (Phi) is 4.47. The molecule has 0 atom stereocenters. The maximum atomic E-state index is 9.64. The van der Waals surface area contributed by atoms with Gasteiger partial charge in [0.05, 0.1) is 6.61 Å². The Morgan fingerprint density at radius 1 is 1.36 bits per heavy atom. The first-order chi connectivity index (χ1) is 6.79. The molecule has 0 saturated carbocycles. The molecule has 0 aromatic heterocycles.